The minimum absolute atomic E-state index is 0.156. The molecule has 1 atom stereocenters. The molecule has 0 radical (unpaired) electrons. The van der Waals surface area contributed by atoms with Gasteiger partial charge >= 0.3 is 5.97 Å². The molecule has 0 unspecified atom stereocenters. The molecule has 3 rings (SSSR count). The van der Waals surface area contributed by atoms with Crippen molar-refractivity contribution in [2.75, 3.05) is 7.11 Å². The minimum atomic E-state index is -0.947. The number of nitrogens with one attached hydrogen (secondary N) is 1. The van der Waals surface area contributed by atoms with Gasteiger partial charge in [-0.05, 0) is 36.2 Å². The Kier molecular flexibility index (Phi) is 8.14. The highest BCUT2D eigenvalue weighted by Crippen LogP contribution is 2.27. The molecule has 0 bridgehead atoms. The van der Waals surface area contributed by atoms with Crippen molar-refractivity contribution in [1.82, 2.24) is 5.32 Å². The first-order valence-corrected chi connectivity index (χ1v) is 11.1. The maximum Gasteiger partial charge on any atom is 0.328 e. The topological polar surface area (TPSA) is 72.5 Å². The zero-order chi connectivity index (χ0) is 24.1. The van der Waals surface area contributed by atoms with Crippen molar-refractivity contribution in [3.63, 3.8) is 0 Å². The highest BCUT2D eigenvalue weighted by molar-refractivity contribution is 6.41. The molecule has 0 saturated heterocycles. The summed E-state index contributed by atoms with van der Waals surface area (Å²) >= 11 is 18.5. The summed E-state index contributed by atoms with van der Waals surface area (Å²) in [5.74, 6) is -1.39. The van der Waals surface area contributed by atoms with Crippen molar-refractivity contribution >= 4 is 52.5 Å². The number of esters is 1. The standard InChI is InChI=1S/C25H20Cl3NO4/c1-14-5-3-6-17(26)21(14)24(31)29-20(25(32)33-2)13-15-9-11-16(12-10-15)23(30)22-18(27)7-4-8-19(22)28/h3-12,20H,13H2,1-2H3,(H,29,31)/t20-/m0/s1. The number of amides is 1. The van der Waals surface area contributed by atoms with E-state index in [2.05, 4.69) is 5.32 Å². The summed E-state index contributed by atoms with van der Waals surface area (Å²) in [5.41, 5.74) is 2.31. The molecular formula is C25H20Cl3NO4. The van der Waals surface area contributed by atoms with Gasteiger partial charge in [0.2, 0.25) is 0 Å². The number of hydrogen-bond acceptors (Lipinski definition) is 4. The van der Waals surface area contributed by atoms with Crippen LogP contribution < -0.4 is 5.32 Å². The third kappa shape index (κ3) is 5.74. The number of rotatable bonds is 7. The molecule has 0 heterocycles. The molecule has 0 saturated carbocycles. The lowest BCUT2D eigenvalue weighted by Crippen LogP contribution is -2.43. The Bertz CT molecular complexity index is 1170. The largest absolute Gasteiger partial charge is 0.467 e. The molecule has 0 aliphatic heterocycles. The van der Waals surface area contributed by atoms with Gasteiger partial charge in [-0.25, -0.2) is 4.79 Å². The summed E-state index contributed by atoms with van der Waals surface area (Å²) in [6, 6.07) is 15.6. The molecular weight excluding hydrogens is 485 g/mol. The van der Waals surface area contributed by atoms with Gasteiger partial charge in [0.05, 0.1) is 33.3 Å². The maximum atomic E-state index is 12.8. The normalized spacial score (nSPS) is 11.5. The second-order valence-electron chi connectivity index (χ2n) is 7.31. The Hall–Kier alpha value is -2.86. The van der Waals surface area contributed by atoms with E-state index in [1.54, 1.807) is 67.6 Å². The van der Waals surface area contributed by atoms with Gasteiger partial charge in [0.1, 0.15) is 6.04 Å². The van der Waals surface area contributed by atoms with Crippen LogP contribution in [-0.4, -0.2) is 30.8 Å². The quantitative estimate of drug-likeness (QED) is 0.331. The summed E-state index contributed by atoms with van der Waals surface area (Å²) in [4.78, 5) is 38.0. The van der Waals surface area contributed by atoms with E-state index in [0.717, 1.165) is 0 Å². The van der Waals surface area contributed by atoms with Crippen molar-refractivity contribution < 1.29 is 19.1 Å². The first-order valence-electron chi connectivity index (χ1n) is 9.94. The van der Waals surface area contributed by atoms with E-state index in [1.807, 2.05) is 0 Å². The molecule has 1 N–H and O–H groups in total. The molecule has 3 aromatic rings. The average molecular weight is 505 g/mol. The zero-order valence-electron chi connectivity index (χ0n) is 17.8. The van der Waals surface area contributed by atoms with Gasteiger partial charge in [-0.2, -0.15) is 0 Å². The second-order valence-corrected chi connectivity index (χ2v) is 8.53. The van der Waals surface area contributed by atoms with Crippen LogP contribution in [0.2, 0.25) is 15.1 Å². The van der Waals surface area contributed by atoms with Crippen LogP contribution in [0.1, 0.15) is 37.4 Å². The molecule has 5 nitrogen and oxygen atoms in total. The molecule has 0 spiro atoms. The molecule has 33 heavy (non-hydrogen) atoms. The number of carbonyl (C=O) groups is 3. The number of hydrogen-bond donors (Lipinski definition) is 1. The number of aryl methyl sites for hydroxylation is 1. The maximum absolute atomic E-state index is 12.8. The Labute approximate surface area is 206 Å². The summed E-state index contributed by atoms with van der Waals surface area (Å²) in [6.45, 7) is 1.76. The van der Waals surface area contributed by atoms with E-state index in [1.165, 1.54) is 7.11 Å². The molecule has 1 amide bonds. The Balaban J connectivity index is 1.80. The van der Waals surface area contributed by atoms with Gasteiger partial charge in [-0.1, -0.05) is 77.3 Å². The van der Waals surface area contributed by atoms with Crippen molar-refractivity contribution in [3.8, 4) is 0 Å². The predicted octanol–water partition coefficient (Wildman–Crippen LogP) is 5.70. The van der Waals surface area contributed by atoms with Crippen molar-refractivity contribution in [2.24, 2.45) is 0 Å². The van der Waals surface area contributed by atoms with Gasteiger partial charge in [0.15, 0.2) is 5.78 Å². The third-order valence-electron chi connectivity index (χ3n) is 5.09. The van der Waals surface area contributed by atoms with Crippen molar-refractivity contribution in [2.45, 2.75) is 19.4 Å². The number of ketones is 1. The Morgan fingerprint density at radius 1 is 0.848 bits per heavy atom. The molecule has 8 heteroatoms. The number of benzene rings is 3. The minimum Gasteiger partial charge on any atom is -0.467 e. The highest BCUT2D eigenvalue weighted by atomic mass is 35.5. The van der Waals surface area contributed by atoms with Crippen LogP contribution in [0.25, 0.3) is 0 Å². The number of methoxy groups -OCH3 is 1. The Morgan fingerprint density at radius 3 is 1.94 bits per heavy atom. The van der Waals surface area contributed by atoms with Gasteiger partial charge in [0.25, 0.3) is 5.91 Å². The van der Waals surface area contributed by atoms with Gasteiger partial charge in [-0.3, -0.25) is 9.59 Å². The summed E-state index contributed by atoms with van der Waals surface area (Å²) in [5, 5.41) is 3.51. The summed E-state index contributed by atoms with van der Waals surface area (Å²) in [6.07, 6.45) is 0.156. The van der Waals surface area contributed by atoms with Gasteiger partial charge < -0.3 is 10.1 Å². The zero-order valence-corrected chi connectivity index (χ0v) is 20.1. The Morgan fingerprint density at radius 2 is 1.39 bits per heavy atom. The van der Waals surface area contributed by atoms with E-state index in [0.29, 0.717) is 22.3 Å². The third-order valence-corrected chi connectivity index (χ3v) is 6.03. The van der Waals surface area contributed by atoms with Crippen molar-refractivity contribution in [1.29, 1.82) is 0 Å². The van der Waals surface area contributed by atoms with Crippen LogP contribution in [0.4, 0.5) is 0 Å². The fraction of sp³-hybridized carbons (Fsp3) is 0.160. The van der Waals surface area contributed by atoms with Crippen LogP contribution in [0.3, 0.4) is 0 Å². The average Bonchev–Trinajstić information content (AvgIpc) is 2.78. The lowest BCUT2D eigenvalue weighted by Gasteiger charge is -2.18. The fourth-order valence-corrected chi connectivity index (χ4v) is 4.25. The molecule has 0 aliphatic rings. The smallest absolute Gasteiger partial charge is 0.328 e. The van der Waals surface area contributed by atoms with Crippen LogP contribution in [-0.2, 0) is 16.0 Å². The van der Waals surface area contributed by atoms with Crippen LogP contribution in [0.15, 0.2) is 60.7 Å². The van der Waals surface area contributed by atoms with E-state index < -0.39 is 17.9 Å². The fourth-order valence-electron chi connectivity index (χ4n) is 3.37. The second kappa shape index (κ2) is 10.8. The summed E-state index contributed by atoms with van der Waals surface area (Å²) in [7, 11) is 1.25. The molecule has 170 valence electrons. The van der Waals surface area contributed by atoms with Gasteiger partial charge in [-0.15, -0.1) is 0 Å². The molecule has 3 aromatic carbocycles. The van der Waals surface area contributed by atoms with E-state index in [9.17, 15) is 14.4 Å². The van der Waals surface area contributed by atoms with Crippen LogP contribution in [0.5, 0.6) is 0 Å². The predicted molar refractivity (Wildman–Crippen MR) is 129 cm³/mol. The van der Waals surface area contributed by atoms with Crippen LogP contribution >= 0.6 is 34.8 Å². The number of carbonyl (C=O) groups excluding carboxylic acids is 3. The lowest BCUT2D eigenvalue weighted by atomic mass is 9.99. The van der Waals surface area contributed by atoms with E-state index >= 15 is 0 Å². The number of halogens is 3. The first kappa shape index (κ1) is 24.8. The lowest BCUT2D eigenvalue weighted by molar-refractivity contribution is -0.142. The summed E-state index contributed by atoms with van der Waals surface area (Å²) < 4.78 is 4.86. The SMILES string of the molecule is COC(=O)[C@H](Cc1ccc(C(=O)c2c(Cl)cccc2Cl)cc1)NC(=O)c1c(C)cccc1Cl. The monoisotopic (exact) mass is 503 g/mol. The molecule has 0 fully saturated rings. The molecule has 0 aromatic heterocycles. The molecule has 0 aliphatic carbocycles. The van der Waals surface area contributed by atoms with E-state index in [4.69, 9.17) is 39.5 Å². The van der Waals surface area contributed by atoms with E-state index in [-0.39, 0.29) is 32.8 Å². The highest BCUT2D eigenvalue weighted by Gasteiger charge is 2.25. The number of ether oxygens (including phenoxy) is 1. The van der Waals surface area contributed by atoms with Crippen molar-refractivity contribution in [3.05, 3.63) is 104 Å². The van der Waals surface area contributed by atoms with Gasteiger partial charge in [0, 0.05) is 12.0 Å². The van der Waals surface area contributed by atoms with Crippen LogP contribution in [0, 0.1) is 6.92 Å². The first-order chi connectivity index (χ1) is 15.7.